The van der Waals surface area contributed by atoms with Crippen LogP contribution in [-0.4, -0.2) is 9.97 Å². The maximum atomic E-state index is 9.53. The number of nitrogens with zero attached hydrogens (tertiary/aromatic N) is 3. The summed E-state index contributed by atoms with van der Waals surface area (Å²) in [5.41, 5.74) is 2.05. The van der Waals surface area contributed by atoms with Gasteiger partial charge in [-0.25, -0.2) is 15.4 Å². The van der Waals surface area contributed by atoms with Crippen molar-refractivity contribution in [1.82, 2.24) is 9.97 Å². The van der Waals surface area contributed by atoms with Crippen molar-refractivity contribution in [2.45, 2.75) is 0 Å². The summed E-state index contributed by atoms with van der Waals surface area (Å²) in [4.78, 5) is 16.8. The van der Waals surface area contributed by atoms with Gasteiger partial charge >= 0.3 is 29.6 Å². The molecule has 0 aliphatic carbocycles. The van der Waals surface area contributed by atoms with E-state index in [0.29, 0.717) is 0 Å². The molecule has 0 saturated carbocycles. The van der Waals surface area contributed by atoms with Gasteiger partial charge in [-0.3, -0.25) is 0 Å². The van der Waals surface area contributed by atoms with Crippen molar-refractivity contribution in [2.75, 3.05) is 5.43 Å². The van der Waals surface area contributed by atoms with Crippen LogP contribution in [0.3, 0.4) is 0 Å². The maximum absolute atomic E-state index is 9.53. The van der Waals surface area contributed by atoms with E-state index in [1.54, 1.807) is 6.07 Å². The Morgan fingerprint density at radius 2 is 2.00 bits per heavy atom. The fourth-order valence-electron chi connectivity index (χ4n) is 0.398. The molecule has 46 valence electrons. The van der Waals surface area contributed by atoms with E-state index < -0.39 is 0 Å². The minimum Gasteiger partial charge on any atom is -0.220 e. The van der Waals surface area contributed by atoms with E-state index in [2.05, 4.69) is 20.7 Å². The van der Waals surface area contributed by atoms with Crippen LogP contribution in [0.15, 0.2) is 23.7 Å². The molecule has 0 aliphatic heterocycles. The van der Waals surface area contributed by atoms with E-state index in [-0.39, 0.29) is 35.5 Å². The number of nitroso groups, excluding NO2 is 1. The smallest absolute Gasteiger partial charge is 0.220 e. The molecular weight excluding hydrogens is 143 g/mol. The molecule has 0 saturated heterocycles. The molecule has 0 aliphatic rings. The van der Waals surface area contributed by atoms with Crippen molar-refractivity contribution >= 4 is 5.95 Å². The molecule has 1 N–H and O–H groups in total. The second-order valence-corrected chi connectivity index (χ2v) is 1.28. The number of hydrogen-bond acceptors (Lipinski definition) is 4. The van der Waals surface area contributed by atoms with E-state index in [1.165, 1.54) is 12.4 Å². The van der Waals surface area contributed by atoms with E-state index in [4.69, 9.17) is 0 Å². The average Bonchev–Trinajstić information content (AvgIpc) is 1.91. The number of aromatic nitrogens is 2. The molecule has 0 aromatic carbocycles. The molecular formula is C4H4N4NaO+. The SMILES string of the molecule is O=NNc1ncccn1.[Na+]. The standard InChI is InChI=1S/C4H4N4O.Na/c9-8-7-4-5-2-1-3-6-4;/h1-3H,(H,5,6,7,9);/q;+1. The van der Waals surface area contributed by atoms with E-state index in [0.717, 1.165) is 0 Å². The summed E-state index contributed by atoms with van der Waals surface area (Å²) in [7, 11) is 0. The van der Waals surface area contributed by atoms with Crippen LogP contribution in [-0.2, 0) is 0 Å². The van der Waals surface area contributed by atoms with Gasteiger partial charge in [0.25, 0.3) is 0 Å². The van der Waals surface area contributed by atoms with Crippen molar-refractivity contribution in [3.63, 3.8) is 0 Å². The van der Waals surface area contributed by atoms with Crippen LogP contribution in [0.5, 0.6) is 0 Å². The molecule has 1 rings (SSSR count). The third kappa shape index (κ3) is 2.86. The Kier molecular flexibility index (Phi) is 5.00. The molecule has 0 radical (unpaired) electrons. The second-order valence-electron chi connectivity index (χ2n) is 1.28. The summed E-state index contributed by atoms with van der Waals surface area (Å²) in [6.45, 7) is 0. The summed E-state index contributed by atoms with van der Waals surface area (Å²) in [6.07, 6.45) is 3.03. The van der Waals surface area contributed by atoms with Gasteiger partial charge in [0, 0.05) is 12.4 Å². The number of rotatable bonds is 2. The van der Waals surface area contributed by atoms with Crippen LogP contribution >= 0.6 is 0 Å². The van der Waals surface area contributed by atoms with E-state index in [9.17, 15) is 4.91 Å². The van der Waals surface area contributed by atoms with E-state index in [1.807, 2.05) is 0 Å². The Hall–Kier alpha value is -0.520. The summed E-state index contributed by atoms with van der Waals surface area (Å²) < 4.78 is 0. The topological polar surface area (TPSA) is 67.2 Å². The van der Waals surface area contributed by atoms with Crippen LogP contribution in [0.1, 0.15) is 0 Å². The minimum absolute atomic E-state index is 0. The third-order valence-electron chi connectivity index (χ3n) is 0.711. The first kappa shape index (κ1) is 9.48. The molecule has 0 fully saturated rings. The molecule has 0 amide bonds. The third-order valence-corrected chi connectivity index (χ3v) is 0.711. The minimum atomic E-state index is 0. The molecule has 6 heteroatoms. The van der Waals surface area contributed by atoms with Crippen LogP contribution in [0.25, 0.3) is 0 Å². The number of nitrogens with one attached hydrogen (secondary N) is 1. The summed E-state index contributed by atoms with van der Waals surface area (Å²) in [5, 5.41) is 2.38. The van der Waals surface area contributed by atoms with Gasteiger partial charge in [0.05, 0.1) is 5.29 Å². The predicted molar refractivity (Wildman–Crippen MR) is 31.4 cm³/mol. The van der Waals surface area contributed by atoms with Gasteiger partial charge in [0.2, 0.25) is 5.95 Å². The summed E-state index contributed by atoms with van der Waals surface area (Å²) in [5.74, 6) is 0.215. The Bertz CT molecular complexity index is 192. The van der Waals surface area contributed by atoms with Gasteiger partial charge in [-0.1, -0.05) is 0 Å². The Morgan fingerprint density at radius 3 is 2.50 bits per heavy atom. The average molecular weight is 147 g/mol. The molecule has 1 heterocycles. The van der Waals surface area contributed by atoms with Gasteiger partial charge in [0.15, 0.2) is 0 Å². The maximum Gasteiger partial charge on any atom is 1.00 e. The predicted octanol–water partition coefficient (Wildman–Crippen LogP) is -2.43. The zero-order chi connectivity index (χ0) is 6.53. The number of hydrogen-bond donors (Lipinski definition) is 1. The molecule has 0 atom stereocenters. The monoisotopic (exact) mass is 147 g/mol. The molecule has 10 heavy (non-hydrogen) atoms. The van der Waals surface area contributed by atoms with Crippen LogP contribution in [0, 0.1) is 4.91 Å². The fourth-order valence-corrected chi connectivity index (χ4v) is 0.398. The van der Waals surface area contributed by atoms with Gasteiger partial charge in [-0.05, 0) is 6.07 Å². The normalized spacial score (nSPS) is 7.60. The Balaban J connectivity index is 0.000000810. The van der Waals surface area contributed by atoms with Gasteiger partial charge in [-0.15, -0.1) is 4.91 Å². The molecule has 1 aromatic rings. The van der Waals surface area contributed by atoms with Crippen molar-refractivity contribution in [2.24, 2.45) is 5.29 Å². The first-order valence-electron chi connectivity index (χ1n) is 2.29. The Labute approximate surface area is 79.5 Å². The van der Waals surface area contributed by atoms with Crippen molar-refractivity contribution in [3.8, 4) is 0 Å². The van der Waals surface area contributed by atoms with Gasteiger partial charge < -0.3 is 0 Å². The molecule has 0 unspecified atom stereocenters. The van der Waals surface area contributed by atoms with Gasteiger partial charge in [-0.2, -0.15) is 0 Å². The largest absolute Gasteiger partial charge is 1.00 e. The summed E-state index contributed by atoms with van der Waals surface area (Å²) in [6, 6.07) is 1.65. The van der Waals surface area contributed by atoms with Crippen molar-refractivity contribution < 1.29 is 29.6 Å². The second kappa shape index (κ2) is 5.28. The van der Waals surface area contributed by atoms with Crippen LogP contribution < -0.4 is 35.0 Å². The molecule has 1 aromatic heterocycles. The van der Waals surface area contributed by atoms with Crippen LogP contribution in [0.4, 0.5) is 5.95 Å². The molecule has 0 spiro atoms. The first-order valence-corrected chi connectivity index (χ1v) is 2.29. The quantitative estimate of drug-likeness (QED) is 0.287. The zero-order valence-electron chi connectivity index (χ0n) is 5.48. The fraction of sp³-hybridized carbons (Fsp3) is 0. The number of anilines is 1. The molecule has 0 bridgehead atoms. The van der Waals surface area contributed by atoms with Crippen molar-refractivity contribution in [3.05, 3.63) is 23.4 Å². The van der Waals surface area contributed by atoms with Gasteiger partial charge in [0.1, 0.15) is 0 Å². The van der Waals surface area contributed by atoms with Crippen LogP contribution in [0.2, 0.25) is 0 Å². The van der Waals surface area contributed by atoms with E-state index >= 15 is 0 Å². The Morgan fingerprint density at radius 1 is 1.40 bits per heavy atom. The molecule has 5 nitrogen and oxygen atoms in total. The summed E-state index contributed by atoms with van der Waals surface area (Å²) >= 11 is 0. The zero-order valence-corrected chi connectivity index (χ0v) is 7.48. The first-order chi connectivity index (χ1) is 4.43. The van der Waals surface area contributed by atoms with Crippen molar-refractivity contribution in [1.29, 1.82) is 0 Å².